The highest BCUT2D eigenvalue weighted by atomic mass is 16.3. The second-order valence-corrected chi connectivity index (χ2v) is 7.04. The van der Waals surface area contributed by atoms with Crippen molar-refractivity contribution < 1.29 is 5.11 Å². The van der Waals surface area contributed by atoms with Gasteiger partial charge in [0.25, 0.3) is 0 Å². The first-order valence-corrected chi connectivity index (χ1v) is 8.52. The SMILES string of the molecule is Cc1cccc2c(-c3cn(Cc4cc(C(C)(C)O)n[nH]4)nn3)nc(N)nc12. The summed E-state index contributed by atoms with van der Waals surface area (Å²) in [7, 11) is 0. The summed E-state index contributed by atoms with van der Waals surface area (Å²) in [4.78, 5) is 8.70. The van der Waals surface area contributed by atoms with Crippen LogP contribution >= 0.6 is 0 Å². The van der Waals surface area contributed by atoms with Gasteiger partial charge >= 0.3 is 0 Å². The Labute approximate surface area is 155 Å². The van der Waals surface area contributed by atoms with Gasteiger partial charge in [-0.05, 0) is 32.4 Å². The monoisotopic (exact) mass is 364 g/mol. The number of benzene rings is 1. The second kappa shape index (κ2) is 6.13. The van der Waals surface area contributed by atoms with E-state index in [0.717, 1.165) is 22.2 Å². The van der Waals surface area contributed by atoms with Crippen LogP contribution in [-0.2, 0) is 12.1 Å². The molecular weight excluding hydrogens is 344 g/mol. The Morgan fingerprint density at radius 1 is 1.26 bits per heavy atom. The first kappa shape index (κ1) is 17.1. The van der Waals surface area contributed by atoms with E-state index < -0.39 is 5.60 Å². The van der Waals surface area contributed by atoms with Crippen LogP contribution in [0.5, 0.6) is 0 Å². The Hall–Kier alpha value is -3.33. The molecule has 27 heavy (non-hydrogen) atoms. The van der Waals surface area contributed by atoms with Crippen LogP contribution in [0.3, 0.4) is 0 Å². The van der Waals surface area contributed by atoms with Crippen molar-refractivity contribution in [1.82, 2.24) is 35.2 Å². The normalized spacial score (nSPS) is 12.0. The molecule has 4 rings (SSSR count). The van der Waals surface area contributed by atoms with E-state index in [1.165, 1.54) is 0 Å². The second-order valence-electron chi connectivity index (χ2n) is 7.04. The number of nitrogens with two attached hydrogens (primary N) is 1. The minimum atomic E-state index is -1.00. The van der Waals surface area contributed by atoms with Gasteiger partial charge in [0.1, 0.15) is 17.0 Å². The Morgan fingerprint density at radius 2 is 2.07 bits per heavy atom. The molecule has 0 aliphatic heterocycles. The van der Waals surface area contributed by atoms with Gasteiger partial charge < -0.3 is 10.8 Å². The molecule has 3 aromatic heterocycles. The Balaban J connectivity index is 1.68. The molecule has 0 unspecified atom stereocenters. The van der Waals surface area contributed by atoms with E-state index in [1.54, 1.807) is 24.7 Å². The summed E-state index contributed by atoms with van der Waals surface area (Å²) in [5, 5.41) is 26.4. The summed E-state index contributed by atoms with van der Waals surface area (Å²) in [6, 6.07) is 7.69. The fourth-order valence-corrected chi connectivity index (χ4v) is 2.92. The minimum absolute atomic E-state index is 0.199. The lowest BCUT2D eigenvalue weighted by atomic mass is 10.1. The number of rotatable bonds is 4. The molecule has 0 saturated carbocycles. The quantitative estimate of drug-likeness (QED) is 0.503. The molecule has 1 aromatic carbocycles. The first-order valence-electron chi connectivity index (χ1n) is 8.52. The van der Waals surface area contributed by atoms with E-state index in [0.29, 0.717) is 23.6 Å². The maximum atomic E-state index is 10.0. The average molecular weight is 364 g/mol. The third kappa shape index (κ3) is 3.24. The molecule has 0 aliphatic carbocycles. The zero-order valence-electron chi connectivity index (χ0n) is 15.3. The average Bonchev–Trinajstić information content (AvgIpc) is 3.25. The van der Waals surface area contributed by atoms with Gasteiger partial charge in [0.15, 0.2) is 0 Å². The van der Waals surface area contributed by atoms with Gasteiger partial charge in [-0.3, -0.25) is 5.10 Å². The number of hydrogen-bond acceptors (Lipinski definition) is 7. The maximum Gasteiger partial charge on any atom is 0.221 e. The molecule has 0 atom stereocenters. The Bertz CT molecular complexity index is 1120. The van der Waals surface area contributed by atoms with Crippen LogP contribution < -0.4 is 5.73 Å². The third-order valence-corrected chi connectivity index (χ3v) is 4.32. The fourth-order valence-electron chi connectivity index (χ4n) is 2.92. The molecule has 0 amide bonds. The first-order chi connectivity index (χ1) is 12.8. The van der Waals surface area contributed by atoms with Crippen LogP contribution in [0, 0.1) is 6.92 Å². The van der Waals surface area contributed by atoms with Crippen LogP contribution in [-0.4, -0.2) is 40.3 Å². The van der Waals surface area contributed by atoms with Crippen molar-refractivity contribution in [2.75, 3.05) is 5.73 Å². The third-order valence-electron chi connectivity index (χ3n) is 4.32. The summed E-state index contributed by atoms with van der Waals surface area (Å²) < 4.78 is 1.68. The van der Waals surface area contributed by atoms with E-state index in [9.17, 15) is 5.11 Å². The lowest BCUT2D eigenvalue weighted by Crippen LogP contribution is -2.15. The molecule has 0 fully saturated rings. The smallest absolute Gasteiger partial charge is 0.221 e. The molecule has 0 spiro atoms. The van der Waals surface area contributed by atoms with Gasteiger partial charge in [0.2, 0.25) is 5.95 Å². The summed E-state index contributed by atoms with van der Waals surface area (Å²) in [5.41, 5.74) is 9.36. The number of nitrogen functional groups attached to an aromatic ring is 1. The molecule has 3 heterocycles. The van der Waals surface area contributed by atoms with Gasteiger partial charge in [0, 0.05) is 5.39 Å². The van der Waals surface area contributed by atoms with Crippen molar-refractivity contribution in [2.24, 2.45) is 0 Å². The van der Waals surface area contributed by atoms with Gasteiger partial charge in [-0.25, -0.2) is 14.6 Å². The van der Waals surface area contributed by atoms with Crippen molar-refractivity contribution in [3.8, 4) is 11.4 Å². The number of aromatic nitrogens is 7. The van der Waals surface area contributed by atoms with Crippen LogP contribution in [0.4, 0.5) is 5.95 Å². The summed E-state index contributed by atoms with van der Waals surface area (Å²) in [5.74, 6) is 0.199. The molecule has 0 saturated heterocycles. The zero-order chi connectivity index (χ0) is 19.2. The predicted molar refractivity (Wildman–Crippen MR) is 101 cm³/mol. The van der Waals surface area contributed by atoms with E-state index in [4.69, 9.17) is 5.73 Å². The number of hydrogen-bond donors (Lipinski definition) is 3. The van der Waals surface area contributed by atoms with Crippen molar-refractivity contribution in [1.29, 1.82) is 0 Å². The molecular formula is C18H20N8O. The zero-order valence-corrected chi connectivity index (χ0v) is 15.3. The van der Waals surface area contributed by atoms with Gasteiger partial charge in [-0.2, -0.15) is 5.10 Å². The summed E-state index contributed by atoms with van der Waals surface area (Å²) >= 11 is 0. The fraction of sp³-hybridized carbons (Fsp3) is 0.278. The molecule has 0 aliphatic rings. The van der Waals surface area contributed by atoms with Crippen LogP contribution in [0.25, 0.3) is 22.3 Å². The standard InChI is InChI=1S/C18H20N8O/c1-10-5-4-6-12-15(10)20-17(19)21-16(12)13-9-26(25-23-13)8-11-7-14(24-22-11)18(2,3)27/h4-7,9,27H,8H2,1-3H3,(H,22,24)(H2,19,20,21). The highest BCUT2D eigenvalue weighted by molar-refractivity contribution is 5.93. The Morgan fingerprint density at radius 3 is 2.81 bits per heavy atom. The highest BCUT2D eigenvalue weighted by Crippen LogP contribution is 2.27. The van der Waals surface area contributed by atoms with Crippen LogP contribution in [0.2, 0.25) is 0 Å². The van der Waals surface area contributed by atoms with E-state index in [2.05, 4.69) is 30.5 Å². The van der Waals surface area contributed by atoms with Gasteiger partial charge in [0.05, 0.1) is 29.6 Å². The number of fused-ring (bicyclic) bond motifs is 1. The van der Waals surface area contributed by atoms with Crippen molar-refractivity contribution in [3.05, 3.63) is 47.4 Å². The lowest BCUT2D eigenvalue weighted by molar-refractivity contribution is 0.0738. The number of aromatic amines is 1. The number of H-pyrrole nitrogens is 1. The minimum Gasteiger partial charge on any atom is -0.384 e. The summed E-state index contributed by atoms with van der Waals surface area (Å²) in [6.07, 6.45) is 1.80. The number of anilines is 1. The number of para-hydroxylation sites is 1. The molecule has 9 nitrogen and oxygen atoms in total. The molecule has 0 radical (unpaired) electrons. The van der Waals surface area contributed by atoms with Crippen molar-refractivity contribution in [2.45, 2.75) is 32.9 Å². The van der Waals surface area contributed by atoms with E-state index in [-0.39, 0.29) is 5.95 Å². The van der Waals surface area contributed by atoms with Crippen LogP contribution in [0.15, 0.2) is 30.5 Å². The van der Waals surface area contributed by atoms with Gasteiger partial charge in [-0.1, -0.05) is 23.4 Å². The Kier molecular flexibility index (Phi) is 3.88. The van der Waals surface area contributed by atoms with Gasteiger partial charge in [-0.15, -0.1) is 5.10 Å². The van der Waals surface area contributed by atoms with Crippen molar-refractivity contribution >= 4 is 16.9 Å². The highest BCUT2D eigenvalue weighted by Gasteiger charge is 2.20. The van der Waals surface area contributed by atoms with E-state index in [1.807, 2.05) is 31.2 Å². The number of aliphatic hydroxyl groups is 1. The van der Waals surface area contributed by atoms with Crippen molar-refractivity contribution in [3.63, 3.8) is 0 Å². The number of nitrogens with zero attached hydrogens (tertiary/aromatic N) is 6. The molecule has 0 bridgehead atoms. The molecule has 4 aromatic rings. The summed E-state index contributed by atoms with van der Waals surface area (Å²) in [6.45, 7) is 5.79. The van der Waals surface area contributed by atoms with E-state index >= 15 is 0 Å². The maximum absolute atomic E-state index is 10.0. The largest absolute Gasteiger partial charge is 0.384 e. The molecule has 4 N–H and O–H groups in total. The lowest BCUT2D eigenvalue weighted by Gasteiger charge is -2.12. The number of nitrogens with one attached hydrogen (secondary N) is 1. The predicted octanol–water partition coefficient (Wildman–Crippen LogP) is 1.78. The number of aryl methyl sites for hydroxylation is 1. The van der Waals surface area contributed by atoms with Crippen LogP contribution in [0.1, 0.15) is 30.8 Å². The topological polar surface area (TPSA) is 131 Å². The molecule has 138 valence electrons. The molecule has 9 heteroatoms.